The standard InChI is InChI=1S/C8H10BrNO/c1-3-7-5-4-6(2)10(11)8(7)9/h4-5H,3H2,1-2H3. The van der Waals surface area contributed by atoms with Crippen LogP contribution in [0.5, 0.6) is 0 Å². The van der Waals surface area contributed by atoms with Gasteiger partial charge in [0.15, 0.2) is 5.69 Å². The molecular formula is C8H10BrNO. The highest BCUT2D eigenvalue weighted by atomic mass is 79.9. The zero-order valence-corrected chi connectivity index (χ0v) is 8.18. The predicted molar refractivity (Wildman–Crippen MR) is 47.2 cm³/mol. The van der Waals surface area contributed by atoms with Crippen LogP contribution in [0, 0.1) is 12.1 Å². The summed E-state index contributed by atoms with van der Waals surface area (Å²) in [4.78, 5) is 0. The molecule has 3 heteroatoms. The van der Waals surface area contributed by atoms with Gasteiger partial charge in [0.05, 0.1) is 0 Å². The number of aromatic nitrogens is 1. The van der Waals surface area contributed by atoms with Crippen LogP contribution in [0.1, 0.15) is 18.2 Å². The Morgan fingerprint density at radius 3 is 2.73 bits per heavy atom. The highest BCUT2D eigenvalue weighted by molar-refractivity contribution is 9.10. The van der Waals surface area contributed by atoms with Gasteiger partial charge < -0.3 is 5.21 Å². The second-order valence-corrected chi connectivity index (χ2v) is 3.19. The molecule has 0 aliphatic carbocycles. The molecule has 1 aromatic heterocycles. The van der Waals surface area contributed by atoms with Crippen LogP contribution in [0.25, 0.3) is 0 Å². The first-order chi connectivity index (χ1) is 5.16. The first kappa shape index (κ1) is 8.53. The van der Waals surface area contributed by atoms with Crippen molar-refractivity contribution in [2.75, 3.05) is 0 Å². The van der Waals surface area contributed by atoms with Crippen molar-refractivity contribution >= 4 is 15.9 Å². The van der Waals surface area contributed by atoms with Crippen molar-refractivity contribution in [1.82, 2.24) is 0 Å². The van der Waals surface area contributed by atoms with Crippen LogP contribution >= 0.6 is 15.9 Å². The quantitative estimate of drug-likeness (QED) is 0.400. The lowest BCUT2D eigenvalue weighted by Crippen LogP contribution is -2.32. The van der Waals surface area contributed by atoms with Crippen molar-refractivity contribution in [1.29, 1.82) is 0 Å². The van der Waals surface area contributed by atoms with E-state index in [4.69, 9.17) is 0 Å². The Kier molecular flexibility index (Phi) is 2.49. The lowest BCUT2D eigenvalue weighted by molar-refractivity contribution is -0.624. The number of hydrogen-bond acceptors (Lipinski definition) is 1. The zero-order valence-electron chi connectivity index (χ0n) is 6.60. The summed E-state index contributed by atoms with van der Waals surface area (Å²) in [5, 5.41) is 11.2. The van der Waals surface area contributed by atoms with Gasteiger partial charge >= 0.3 is 0 Å². The number of hydrogen-bond donors (Lipinski definition) is 0. The molecule has 0 aliphatic heterocycles. The molecule has 0 aromatic carbocycles. The average molecular weight is 216 g/mol. The monoisotopic (exact) mass is 215 g/mol. The van der Waals surface area contributed by atoms with E-state index in [2.05, 4.69) is 15.9 Å². The predicted octanol–water partition coefficient (Wildman–Crippen LogP) is 1.95. The molecule has 1 aromatic rings. The SMILES string of the molecule is CCc1ccc(C)[n+]([O-])c1Br. The van der Waals surface area contributed by atoms with E-state index in [1.807, 2.05) is 19.1 Å². The van der Waals surface area contributed by atoms with Gasteiger partial charge in [-0.1, -0.05) is 6.92 Å². The molecule has 0 spiro atoms. The molecule has 0 unspecified atom stereocenters. The fourth-order valence-electron chi connectivity index (χ4n) is 0.907. The average Bonchev–Trinajstić information content (AvgIpc) is 2.01. The van der Waals surface area contributed by atoms with Gasteiger partial charge in [0.1, 0.15) is 0 Å². The van der Waals surface area contributed by atoms with E-state index in [1.165, 1.54) is 0 Å². The molecule has 0 aliphatic rings. The summed E-state index contributed by atoms with van der Waals surface area (Å²) in [7, 11) is 0. The van der Waals surface area contributed by atoms with Crippen LogP contribution in [-0.4, -0.2) is 0 Å². The van der Waals surface area contributed by atoms with E-state index in [-0.39, 0.29) is 0 Å². The maximum absolute atomic E-state index is 11.2. The zero-order chi connectivity index (χ0) is 8.43. The molecule has 1 heterocycles. The molecule has 0 saturated heterocycles. The third-order valence-electron chi connectivity index (χ3n) is 1.67. The molecule has 1 rings (SSSR count). The smallest absolute Gasteiger partial charge is 0.262 e. The Hall–Kier alpha value is -0.570. The van der Waals surface area contributed by atoms with E-state index in [0.29, 0.717) is 10.3 Å². The molecule has 11 heavy (non-hydrogen) atoms. The summed E-state index contributed by atoms with van der Waals surface area (Å²) >= 11 is 3.24. The second-order valence-electron chi connectivity index (χ2n) is 2.44. The van der Waals surface area contributed by atoms with Crippen LogP contribution in [0.15, 0.2) is 16.7 Å². The van der Waals surface area contributed by atoms with Gasteiger partial charge in [-0.3, -0.25) is 0 Å². The minimum Gasteiger partial charge on any atom is -0.618 e. The van der Waals surface area contributed by atoms with Crippen LogP contribution in [0.3, 0.4) is 0 Å². The van der Waals surface area contributed by atoms with E-state index in [1.54, 1.807) is 6.92 Å². The minimum absolute atomic E-state index is 0.639. The molecule has 0 amide bonds. The van der Waals surface area contributed by atoms with Crippen molar-refractivity contribution in [2.45, 2.75) is 20.3 Å². The molecule has 0 radical (unpaired) electrons. The second kappa shape index (κ2) is 3.22. The summed E-state index contributed by atoms with van der Waals surface area (Å²) in [6, 6.07) is 3.80. The molecule has 0 bridgehead atoms. The molecule has 60 valence electrons. The fourth-order valence-corrected chi connectivity index (χ4v) is 1.60. The Morgan fingerprint density at radius 1 is 1.55 bits per heavy atom. The first-order valence-electron chi connectivity index (χ1n) is 3.54. The number of rotatable bonds is 1. The van der Waals surface area contributed by atoms with Crippen LogP contribution in [0.2, 0.25) is 0 Å². The Labute approximate surface area is 74.6 Å². The van der Waals surface area contributed by atoms with Crippen molar-refractivity contribution in [2.24, 2.45) is 0 Å². The number of nitrogens with zero attached hydrogens (tertiary/aromatic N) is 1. The van der Waals surface area contributed by atoms with Crippen molar-refractivity contribution in [3.63, 3.8) is 0 Å². The van der Waals surface area contributed by atoms with Gasteiger partial charge in [-0.25, -0.2) is 0 Å². The molecule has 0 fully saturated rings. The minimum atomic E-state index is 0.639. The number of halogens is 1. The van der Waals surface area contributed by atoms with E-state index in [9.17, 15) is 5.21 Å². The van der Waals surface area contributed by atoms with E-state index >= 15 is 0 Å². The lowest BCUT2D eigenvalue weighted by atomic mass is 10.2. The normalized spacial score (nSPS) is 10.1. The molecule has 0 saturated carbocycles. The topological polar surface area (TPSA) is 26.9 Å². The summed E-state index contributed by atoms with van der Waals surface area (Å²) in [5.74, 6) is 0. The third kappa shape index (κ3) is 1.53. The summed E-state index contributed by atoms with van der Waals surface area (Å²) < 4.78 is 1.54. The Balaban J connectivity index is 3.25. The maximum Gasteiger partial charge on any atom is 0.262 e. The first-order valence-corrected chi connectivity index (χ1v) is 4.33. The Morgan fingerprint density at radius 2 is 2.18 bits per heavy atom. The highest BCUT2D eigenvalue weighted by Crippen LogP contribution is 2.12. The highest BCUT2D eigenvalue weighted by Gasteiger charge is 2.08. The van der Waals surface area contributed by atoms with E-state index in [0.717, 1.165) is 16.7 Å². The van der Waals surface area contributed by atoms with Crippen LogP contribution in [-0.2, 0) is 6.42 Å². The lowest BCUT2D eigenvalue weighted by Gasteiger charge is -2.05. The van der Waals surface area contributed by atoms with Crippen molar-refractivity contribution < 1.29 is 4.73 Å². The van der Waals surface area contributed by atoms with Crippen LogP contribution in [0.4, 0.5) is 0 Å². The van der Waals surface area contributed by atoms with Gasteiger partial charge in [-0.15, -0.1) is 0 Å². The van der Waals surface area contributed by atoms with Crippen molar-refractivity contribution in [3.05, 3.63) is 33.2 Å². The molecular weight excluding hydrogens is 206 g/mol. The molecule has 0 atom stereocenters. The van der Waals surface area contributed by atoms with Gasteiger partial charge in [0.25, 0.3) is 4.60 Å². The number of aryl methyl sites for hydroxylation is 2. The summed E-state index contributed by atoms with van der Waals surface area (Å²) in [6.45, 7) is 3.81. The van der Waals surface area contributed by atoms with Crippen molar-refractivity contribution in [3.8, 4) is 0 Å². The molecule has 0 N–H and O–H groups in total. The number of pyridine rings is 1. The third-order valence-corrected chi connectivity index (χ3v) is 2.50. The Bertz CT molecular complexity index is 273. The van der Waals surface area contributed by atoms with Gasteiger partial charge in [0, 0.05) is 34.5 Å². The van der Waals surface area contributed by atoms with Gasteiger partial charge in [-0.2, -0.15) is 4.73 Å². The largest absolute Gasteiger partial charge is 0.618 e. The fraction of sp³-hybridized carbons (Fsp3) is 0.375. The maximum atomic E-state index is 11.2. The van der Waals surface area contributed by atoms with E-state index < -0.39 is 0 Å². The van der Waals surface area contributed by atoms with Crippen LogP contribution < -0.4 is 4.73 Å². The van der Waals surface area contributed by atoms with Gasteiger partial charge in [0.2, 0.25) is 0 Å². The molecule has 2 nitrogen and oxygen atoms in total. The summed E-state index contributed by atoms with van der Waals surface area (Å²) in [5.41, 5.74) is 1.76. The van der Waals surface area contributed by atoms with Gasteiger partial charge in [-0.05, 0) is 12.5 Å². The summed E-state index contributed by atoms with van der Waals surface area (Å²) in [6.07, 6.45) is 0.878.